The number of nitro benzene ring substituents is 1. The summed E-state index contributed by atoms with van der Waals surface area (Å²) in [6.45, 7) is 4.34. The molecule has 1 aromatic carbocycles. The second kappa shape index (κ2) is 8.41. The summed E-state index contributed by atoms with van der Waals surface area (Å²) >= 11 is 0. The van der Waals surface area contributed by atoms with E-state index >= 15 is 0 Å². The lowest BCUT2D eigenvalue weighted by molar-refractivity contribution is -0.385. The third-order valence-corrected chi connectivity index (χ3v) is 4.87. The minimum atomic E-state index is -4.70. The Kier molecular flexibility index (Phi) is 6.66. The van der Waals surface area contributed by atoms with Gasteiger partial charge in [-0.15, -0.1) is 12.4 Å². The summed E-state index contributed by atoms with van der Waals surface area (Å²) in [6, 6.07) is 2.22. The van der Waals surface area contributed by atoms with Crippen LogP contribution in [0.15, 0.2) is 18.2 Å². The van der Waals surface area contributed by atoms with E-state index in [-0.39, 0.29) is 24.0 Å². The average molecular weight is 409 g/mol. The molecule has 1 aromatic rings. The van der Waals surface area contributed by atoms with Crippen LogP contribution >= 0.6 is 12.4 Å². The lowest BCUT2D eigenvalue weighted by atomic mass is 10.1. The Morgan fingerprint density at radius 1 is 1.22 bits per heavy atom. The van der Waals surface area contributed by atoms with Gasteiger partial charge in [-0.2, -0.15) is 13.2 Å². The Hall–Kier alpha value is -1.91. The summed E-state index contributed by atoms with van der Waals surface area (Å²) in [5.41, 5.74) is -2.25. The van der Waals surface area contributed by atoms with Crippen LogP contribution in [0.5, 0.6) is 0 Å². The Morgan fingerprint density at radius 3 is 2.48 bits per heavy atom. The van der Waals surface area contributed by atoms with E-state index in [1.54, 1.807) is 0 Å². The molecular weight excluding hydrogens is 389 g/mol. The molecular formula is C16H20ClF3N4O3. The van der Waals surface area contributed by atoms with E-state index in [0.29, 0.717) is 25.2 Å². The van der Waals surface area contributed by atoms with Crippen LogP contribution < -0.4 is 5.32 Å². The number of carbonyl (C=O) groups is 1. The molecule has 1 amide bonds. The molecule has 1 atom stereocenters. The standard InChI is InChI=1S/C16H19F3N4O3.ClH/c17-16(18,19)11-1-2-13(14(9-11)23(25)26)15(24)22-6-3-12(10-22)21-7-4-20-5-8-21;/h1-2,9,12,20H,3-8,10H2;1H. The second-order valence-corrected chi connectivity index (χ2v) is 6.47. The molecule has 2 saturated heterocycles. The number of nitrogens with zero attached hydrogens (tertiary/aromatic N) is 3. The van der Waals surface area contributed by atoms with E-state index in [1.807, 2.05) is 0 Å². The number of piperazine rings is 1. The number of amides is 1. The Bertz CT molecular complexity index is 711. The first kappa shape index (κ1) is 21.4. The van der Waals surface area contributed by atoms with Gasteiger partial charge in [0.05, 0.1) is 10.5 Å². The van der Waals surface area contributed by atoms with Crippen LogP contribution in [0.1, 0.15) is 22.3 Å². The molecule has 0 spiro atoms. The summed E-state index contributed by atoms with van der Waals surface area (Å²) < 4.78 is 38.4. The summed E-state index contributed by atoms with van der Waals surface area (Å²) in [5, 5.41) is 14.4. The van der Waals surface area contributed by atoms with Crippen molar-refractivity contribution < 1.29 is 22.9 Å². The fraction of sp³-hybridized carbons (Fsp3) is 0.562. The van der Waals surface area contributed by atoms with Crippen molar-refractivity contribution in [2.24, 2.45) is 0 Å². The number of hydrogen-bond donors (Lipinski definition) is 1. The van der Waals surface area contributed by atoms with Crippen molar-refractivity contribution in [1.29, 1.82) is 0 Å². The first-order valence-electron chi connectivity index (χ1n) is 8.37. The molecule has 2 aliphatic heterocycles. The van der Waals surface area contributed by atoms with Crippen molar-refractivity contribution in [3.8, 4) is 0 Å². The van der Waals surface area contributed by atoms with E-state index in [2.05, 4.69) is 10.2 Å². The topological polar surface area (TPSA) is 78.7 Å². The van der Waals surface area contributed by atoms with Crippen LogP contribution in [0.25, 0.3) is 0 Å². The molecule has 7 nitrogen and oxygen atoms in total. The van der Waals surface area contributed by atoms with Gasteiger partial charge in [-0.1, -0.05) is 0 Å². The molecule has 2 fully saturated rings. The third kappa shape index (κ3) is 4.69. The van der Waals surface area contributed by atoms with Crippen molar-refractivity contribution >= 4 is 24.0 Å². The maximum Gasteiger partial charge on any atom is 0.416 e. The monoisotopic (exact) mass is 408 g/mol. The van der Waals surface area contributed by atoms with Gasteiger partial charge < -0.3 is 10.2 Å². The van der Waals surface area contributed by atoms with Crippen LogP contribution in [-0.2, 0) is 6.18 Å². The highest BCUT2D eigenvalue weighted by molar-refractivity contribution is 5.98. The van der Waals surface area contributed by atoms with Gasteiger partial charge in [-0.3, -0.25) is 19.8 Å². The predicted molar refractivity (Wildman–Crippen MR) is 94.1 cm³/mol. The van der Waals surface area contributed by atoms with Crippen LogP contribution in [-0.4, -0.2) is 65.9 Å². The lowest BCUT2D eigenvalue weighted by Crippen LogP contribution is -2.49. The Balaban J connectivity index is 0.00000261. The zero-order chi connectivity index (χ0) is 18.9. The molecule has 0 aliphatic carbocycles. The molecule has 1 unspecified atom stereocenters. The molecule has 2 aliphatic rings. The largest absolute Gasteiger partial charge is 0.416 e. The molecule has 11 heteroatoms. The first-order chi connectivity index (χ1) is 12.3. The zero-order valence-electron chi connectivity index (χ0n) is 14.4. The maximum atomic E-state index is 12.8. The fourth-order valence-corrected chi connectivity index (χ4v) is 3.48. The lowest BCUT2D eigenvalue weighted by Gasteiger charge is -2.32. The van der Waals surface area contributed by atoms with Gasteiger partial charge in [-0.05, 0) is 18.6 Å². The second-order valence-electron chi connectivity index (χ2n) is 6.47. The van der Waals surface area contributed by atoms with Crippen LogP contribution in [0, 0.1) is 10.1 Å². The van der Waals surface area contributed by atoms with Crippen LogP contribution in [0.2, 0.25) is 0 Å². The summed E-state index contributed by atoms with van der Waals surface area (Å²) in [7, 11) is 0. The molecule has 0 radical (unpaired) electrons. The molecule has 0 saturated carbocycles. The number of halogens is 4. The van der Waals surface area contributed by atoms with Gasteiger partial charge in [0.1, 0.15) is 5.56 Å². The van der Waals surface area contributed by atoms with Crippen molar-refractivity contribution in [1.82, 2.24) is 15.1 Å². The Labute approximate surface area is 160 Å². The first-order valence-corrected chi connectivity index (χ1v) is 8.37. The van der Waals surface area contributed by atoms with E-state index < -0.39 is 28.3 Å². The average Bonchev–Trinajstić information content (AvgIpc) is 3.10. The van der Waals surface area contributed by atoms with Crippen molar-refractivity contribution in [3.63, 3.8) is 0 Å². The minimum Gasteiger partial charge on any atom is -0.337 e. The van der Waals surface area contributed by atoms with Gasteiger partial charge >= 0.3 is 6.18 Å². The maximum absolute atomic E-state index is 12.8. The normalized spacial score (nSPS) is 21.0. The summed E-state index contributed by atoms with van der Waals surface area (Å²) in [4.78, 5) is 26.7. The molecule has 3 rings (SSSR count). The van der Waals surface area contributed by atoms with E-state index in [1.165, 1.54) is 4.90 Å². The van der Waals surface area contributed by atoms with Gasteiger partial charge in [0, 0.05) is 51.4 Å². The third-order valence-electron chi connectivity index (χ3n) is 4.87. The van der Waals surface area contributed by atoms with Gasteiger partial charge in [0.25, 0.3) is 11.6 Å². The molecule has 150 valence electrons. The number of benzene rings is 1. The molecule has 1 N–H and O–H groups in total. The summed E-state index contributed by atoms with van der Waals surface area (Å²) in [6.07, 6.45) is -3.95. The van der Waals surface area contributed by atoms with E-state index in [0.717, 1.165) is 38.7 Å². The number of nitro groups is 1. The fourth-order valence-electron chi connectivity index (χ4n) is 3.48. The SMILES string of the molecule is Cl.O=C(c1ccc(C(F)(F)F)cc1[N+](=O)[O-])N1CCC(N2CCNCC2)C1. The quantitative estimate of drug-likeness (QED) is 0.612. The van der Waals surface area contributed by atoms with Crippen LogP contribution in [0.4, 0.5) is 18.9 Å². The van der Waals surface area contributed by atoms with Gasteiger partial charge in [0.15, 0.2) is 0 Å². The number of rotatable bonds is 3. The van der Waals surface area contributed by atoms with E-state index in [4.69, 9.17) is 0 Å². The molecule has 0 aromatic heterocycles. The van der Waals surface area contributed by atoms with Gasteiger partial charge in [-0.25, -0.2) is 0 Å². The Morgan fingerprint density at radius 2 is 1.89 bits per heavy atom. The van der Waals surface area contributed by atoms with Crippen molar-refractivity contribution in [2.45, 2.75) is 18.6 Å². The van der Waals surface area contributed by atoms with Crippen molar-refractivity contribution in [3.05, 3.63) is 39.4 Å². The molecule has 27 heavy (non-hydrogen) atoms. The highest BCUT2D eigenvalue weighted by atomic mass is 35.5. The highest BCUT2D eigenvalue weighted by Crippen LogP contribution is 2.33. The van der Waals surface area contributed by atoms with Crippen molar-refractivity contribution in [2.75, 3.05) is 39.3 Å². The number of likely N-dealkylation sites (tertiary alicyclic amines) is 1. The zero-order valence-corrected chi connectivity index (χ0v) is 15.2. The van der Waals surface area contributed by atoms with Gasteiger partial charge in [0.2, 0.25) is 0 Å². The molecule has 0 bridgehead atoms. The number of nitrogens with one attached hydrogen (secondary N) is 1. The minimum absolute atomic E-state index is 0. The predicted octanol–water partition coefficient (Wildman–Crippen LogP) is 2.16. The number of hydrogen-bond acceptors (Lipinski definition) is 5. The smallest absolute Gasteiger partial charge is 0.337 e. The van der Waals surface area contributed by atoms with Crippen LogP contribution in [0.3, 0.4) is 0 Å². The van der Waals surface area contributed by atoms with E-state index in [9.17, 15) is 28.1 Å². The highest BCUT2D eigenvalue weighted by Gasteiger charge is 2.37. The number of carbonyl (C=O) groups excluding carboxylic acids is 1. The molecule has 2 heterocycles. The summed E-state index contributed by atoms with van der Waals surface area (Å²) in [5.74, 6) is -0.594. The number of alkyl halides is 3.